The summed E-state index contributed by atoms with van der Waals surface area (Å²) in [5.41, 5.74) is 1.87. The molecule has 0 heterocycles. The van der Waals surface area contributed by atoms with Crippen LogP contribution in [0.1, 0.15) is 24.2 Å². The highest BCUT2D eigenvalue weighted by atomic mass is 35.5. The minimum absolute atomic E-state index is 0.153. The van der Waals surface area contributed by atoms with E-state index in [2.05, 4.69) is 6.58 Å². The zero-order chi connectivity index (χ0) is 15.4. The number of hydrogen-bond acceptors (Lipinski definition) is 3. The second kappa shape index (κ2) is 6.46. The molecule has 1 atom stereocenters. The molecule has 0 bridgehead atoms. The van der Waals surface area contributed by atoms with Crippen LogP contribution in [-0.2, 0) is 9.53 Å². The topological polar surface area (TPSA) is 46.5 Å². The molecule has 4 heteroatoms. The third-order valence-corrected chi connectivity index (χ3v) is 3.19. The molecule has 0 amide bonds. The number of halogens is 1. The highest BCUT2D eigenvalue weighted by molar-refractivity contribution is 6.30. The van der Waals surface area contributed by atoms with Gasteiger partial charge in [-0.25, -0.2) is 4.79 Å². The maximum atomic E-state index is 11.8. The van der Waals surface area contributed by atoms with Crippen LogP contribution in [0.15, 0.2) is 60.7 Å². The van der Waals surface area contributed by atoms with Crippen molar-refractivity contribution in [1.82, 2.24) is 0 Å². The van der Waals surface area contributed by atoms with Crippen LogP contribution >= 0.6 is 11.6 Å². The van der Waals surface area contributed by atoms with Crippen LogP contribution < -0.4 is 0 Å². The van der Waals surface area contributed by atoms with E-state index in [1.165, 1.54) is 0 Å². The van der Waals surface area contributed by atoms with Gasteiger partial charge in [0.15, 0.2) is 6.10 Å². The van der Waals surface area contributed by atoms with Gasteiger partial charge in [0.05, 0.1) is 0 Å². The van der Waals surface area contributed by atoms with Crippen molar-refractivity contribution >= 4 is 17.6 Å². The standard InChI is InChI=1S/C17H15ClO3/c1-11(2)17(20)21-16(12-3-7-14(18)8-4-12)13-5-9-15(19)10-6-13/h3-10,16,19H,1H2,2H3. The second-order valence-electron chi connectivity index (χ2n) is 4.71. The van der Waals surface area contributed by atoms with E-state index < -0.39 is 12.1 Å². The van der Waals surface area contributed by atoms with E-state index in [1.54, 1.807) is 55.5 Å². The largest absolute Gasteiger partial charge is 0.508 e. The van der Waals surface area contributed by atoms with Gasteiger partial charge in [-0.15, -0.1) is 0 Å². The van der Waals surface area contributed by atoms with Crippen LogP contribution in [0.4, 0.5) is 0 Å². The highest BCUT2D eigenvalue weighted by Crippen LogP contribution is 2.29. The molecule has 21 heavy (non-hydrogen) atoms. The van der Waals surface area contributed by atoms with Crippen LogP contribution in [0.2, 0.25) is 5.02 Å². The lowest BCUT2D eigenvalue weighted by atomic mass is 10.0. The molecule has 1 N–H and O–H groups in total. The van der Waals surface area contributed by atoms with E-state index in [0.29, 0.717) is 10.6 Å². The van der Waals surface area contributed by atoms with Crippen molar-refractivity contribution in [3.05, 3.63) is 76.8 Å². The Balaban J connectivity index is 2.38. The first kappa shape index (κ1) is 15.1. The van der Waals surface area contributed by atoms with Crippen LogP contribution in [0.5, 0.6) is 5.75 Å². The molecule has 1 unspecified atom stereocenters. The van der Waals surface area contributed by atoms with Gasteiger partial charge in [-0.3, -0.25) is 0 Å². The van der Waals surface area contributed by atoms with Gasteiger partial charge in [-0.1, -0.05) is 42.4 Å². The van der Waals surface area contributed by atoms with Crippen LogP contribution in [-0.4, -0.2) is 11.1 Å². The van der Waals surface area contributed by atoms with Gasteiger partial charge in [-0.2, -0.15) is 0 Å². The number of aromatic hydroxyl groups is 1. The minimum atomic E-state index is -0.577. The van der Waals surface area contributed by atoms with Gasteiger partial charge in [-0.05, 0) is 42.3 Å². The zero-order valence-electron chi connectivity index (χ0n) is 11.5. The predicted octanol–water partition coefficient (Wildman–Crippen LogP) is 4.25. The lowest BCUT2D eigenvalue weighted by molar-refractivity contribution is -0.142. The molecule has 0 fully saturated rings. The molecule has 0 aliphatic rings. The number of carbonyl (C=O) groups excluding carboxylic acids is 1. The third-order valence-electron chi connectivity index (χ3n) is 2.94. The Morgan fingerprint density at radius 1 is 1.10 bits per heavy atom. The normalized spacial score (nSPS) is 11.7. The number of rotatable bonds is 4. The minimum Gasteiger partial charge on any atom is -0.508 e. The second-order valence-corrected chi connectivity index (χ2v) is 5.15. The number of ether oxygens (including phenoxy) is 1. The molecular formula is C17H15ClO3. The van der Waals surface area contributed by atoms with Crippen LogP contribution in [0, 0.1) is 0 Å². The molecule has 3 nitrogen and oxygen atoms in total. The monoisotopic (exact) mass is 302 g/mol. The smallest absolute Gasteiger partial charge is 0.334 e. The Bertz CT molecular complexity index is 599. The van der Waals surface area contributed by atoms with Gasteiger partial charge in [0.25, 0.3) is 0 Å². The fraction of sp³-hybridized carbons (Fsp3) is 0.118. The number of phenols is 1. The Kier molecular flexibility index (Phi) is 4.66. The van der Waals surface area contributed by atoms with Gasteiger partial charge in [0.1, 0.15) is 5.75 Å². The van der Waals surface area contributed by atoms with E-state index in [-0.39, 0.29) is 5.75 Å². The Morgan fingerprint density at radius 2 is 1.57 bits per heavy atom. The molecular weight excluding hydrogens is 288 g/mol. The Morgan fingerprint density at radius 3 is 2.05 bits per heavy atom. The Hall–Kier alpha value is -2.26. The van der Waals surface area contributed by atoms with Crippen molar-refractivity contribution in [2.45, 2.75) is 13.0 Å². The lowest BCUT2D eigenvalue weighted by Gasteiger charge is -2.19. The fourth-order valence-corrected chi connectivity index (χ4v) is 1.95. The summed E-state index contributed by atoms with van der Waals surface area (Å²) in [5, 5.41) is 9.98. The first-order chi connectivity index (χ1) is 9.97. The average Bonchev–Trinajstić information content (AvgIpc) is 2.46. The maximum Gasteiger partial charge on any atom is 0.334 e. The number of benzene rings is 2. The molecule has 108 valence electrons. The first-order valence-electron chi connectivity index (χ1n) is 6.38. The third kappa shape index (κ3) is 3.86. The highest BCUT2D eigenvalue weighted by Gasteiger charge is 2.19. The summed E-state index contributed by atoms with van der Waals surface area (Å²) in [4.78, 5) is 11.8. The molecule has 0 aliphatic carbocycles. The number of hydrogen-bond donors (Lipinski definition) is 1. The first-order valence-corrected chi connectivity index (χ1v) is 6.76. The predicted molar refractivity (Wildman–Crippen MR) is 82.3 cm³/mol. The van der Waals surface area contributed by atoms with Crippen LogP contribution in [0.25, 0.3) is 0 Å². The quantitative estimate of drug-likeness (QED) is 0.678. The van der Waals surface area contributed by atoms with Crippen molar-refractivity contribution in [3.63, 3.8) is 0 Å². The molecule has 2 rings (SSSR count). The molecule has 0 aliphatic heterocycles. The van der Waals surface area contributed by atoms with Gasteiger partial charge in [0, 0.05) is 10.6 Å². The summed E-state index contributed by atoms with van der Waals surface area (Å²) in [7, 11) is 0. The van der Waals surface area contributed by atoms with Crippen molar-refractivity contribution in [3.8, 4) is 5.75 Å². The maximum absolute atomic E-state index is 11.8. The summed E-state index contributed by atoms with van der Waals surface area (Å²) in [6, 6.07) is 13.6. The molecule has 2 aromatic carbocycles. The summed E-state index contributed by atoms with van der Waals surface area (Å²) in [6.45, 7) is 5.18. The van der Waals surface area contributed by atoms with Crippen LogP contribution in [0.3, 0.4) is 0 Å². The van der Waals surface area contributed by atoms with Crippen molar-refractivity contribution in [2.24, 2.45) is 0 Å². The van der Waals surface area contributed by atoms with Crippen molar-refractivity contribution in [1.29, 1.82) is 0 Å². The van der Waals surface area contributed by atoms with Crippen molar-refractivity contribution < 1.29 is 14.6 Å². The van der Waals surface area contributed by atoms with Gasteiger partial charge < -0.3 is 9.84 Å². The molecule has 2 aromatic rings. The molecule has 0 aromatic heterocycles. The lowest BCUT2D eigenvalue weighted by Crippen LogP contribution is -2.13. The summed E-state index contributed by atoms with van der Waals surface area (Å²) < 4.78 is 5.50. The number of phenolic OH excluding ortho intramolecular Hbond substituents is 1. The van der Waals surface area contributed by atoms with E-state index >= 15 is 0 Å². The van der Waals surface area contributed by atoms with Crippen molar-refractivity contribution in [2.75, 3.05) is 0 Å². The van der Waals surface area contributed by atoms with E-state index in [9.17, 15) is 9.90 Å². The molecule has 0 spiro atoms. The SMILES string of the molecule is C=C(C)C(=O)OC(c1ccc(O)cc1)c1ccc(Cl)cc1. The molecule has 0 saturated carbocycles. The number of carbonyl (C=O) groups is 1. The summed E-state index contributed by atoms with van der Waals surface area (Å²) in [6.07, 6.45) is -0.577. The zero-order valence-corrected chi connectivity index (χ0v) is 12.3. The van der Waals surface area contributed by atoms with Gasteiger partial charge >= 0.3 is 5.97 Å². The van der Waals surface area contributed by atoms with Gasteiger partial charge in [0.2, 0.25) is 0 Å². The number of esters is 1. The Labute approximate surface area is 128 Å². The molecule has 0 saturated heterocycles. The summed E-state index contributed by atoms with van der Waals surface area (Å²) >= 11 is 5.88. The fourth-order valence-electron chi connectivity index (χ4n) is 1.82. The average molecular weight is 303 g/mol. The van der Waals surface area contributed by atoms with E-state index in [1.807, 2.05) is 0 Å². The van der Waals surface area contributed by atoms with E-state index in [4.69, 9.17) is 16.3 Å². The van der Waals surface area contributed by atoms with E-state index in [0.717, 1.165) is 11.1 Å². The molecule has 0 radical (unpaired) electrons. The summed E-state index contributed by atoms with van der Waals surface area (Å²) in [5.74, 6) is -0.317.